The quantitative estimate of drug-likeness (QED) is 0.602. The van der Waals surface area contributed by atoms with Crippen molar-refractivity contribution in [2.75, 3.05) is 5.32 Å². The number of carbonyl (C=O) groups excluding carboxylic acids is 1. The highest BCUT2D eigenvalue weighted by molar-refractivity contribution is 6.01. The highest BCUT2D eigenvalue weighted by Crippen LogP contribution is 2.18. The highest BCUT2D eigenvalue weighted by Gasteiger charge is 2.17. The number of carboxylic acids is 1. The van der Waals surface area contributed by atoms with E-state index in [4.69, 9.17) is 5.11 Å². The van der Waals surface area contributed by atoms with Gasteiger partial charge in [0.1, 0.15) is 12.1 Å². The Bertz CT molecular complexity index is 814. The number of nitrogens with one attached hydrogen (secondary N) is 3. The average Bonchev–Trinajstić information content (AvgIpc) is 2.75. The molecule has 110 valence electrons. The number of aromatic carboxylic acids is 1. The smallest absolute Gasteiger partial charge is 0.339 e. The van der Waals surface area contributed by atoms with Crippen LogP contribution < -0.4 is 16.4 Å². The Morgan fingerprint density at radius 2 is 2.05 bits per heavy atom. The zero-order valence-electron chi connectivity index (χ0n) is 11.0. The number of rotatable bonds is 4. The summed E-state index contributed by atoms with van der Waals surface area (Å²) in [5.74, 6) is -1.82. The number of anilines is 1. The van der Waals surface area contributed by atoms with E-state index in [1.165, 1.54) is 6.20 Å². The molecule has 0 unspecified atom stereocenters. The molecule has 0 saturated carbocycles. The number of hydrogen-bond acceptors (Lipinski definition) is 4. The molecule has 0 atom stereocenters. The van der Waals surface area contributed by atoms with Gasteiger partial charge in [-0.2, -0.15) is 0 Å². The summed E-state index contributed by atoms with van der Waals surface area (Å²) >= 11 is 0. The Balaban J connectivity index is 2.20. The van der Waals surface area contributed by atoms with E-state index in [0.717, 1.165) is 16.8 Å². The third kappa shape index (κ3) is 3.08. The van der Waals surface area contributed by atoms with Crippen LogP contribution in [0.4, 0.5) is 5.69 Å². The number of amides is 1. The van der Waals surface area contributed by atoms with Crippen LogP contribution in [0.5, 0.6) is 0 Å². The van der Waals surface area contributed by atoms with Crippen LogP contribution in [-0.2, 0) is 11.3 Å². The molecule has 9 nitrogen and oxygen atoms in total. The van der Waals surface area contributed by atoms with Gasteiger partial charge in [0.05, 0.1) is 5.69 Å². The van der Waals surface area contributed by atoms with Crippen molar-refractivity contribution in [3.63, 3.8) is 0 Å². The first kappa shape index (κ1) is 14.3. The molecule has 4 N–H and O–H groups in total. The van der Waals surface area contributed by atoms with E-state index in [0.29, 0.717) is 5.69 Å². The summed E-state index contributed by atoms with van der Waals surface area (Å²) in [6.07, 6.45) is 1.34. The largest absolute Gasteiger partial charge is 0.478 e. The van der Waals surface area contributed by atoms with Crippen molar-refractivity contribution in [1.29, 1.82) is 0 Å². The standard InChI is InChI=1S/C12H12N4O5/c1-6-11(12(20)21)7(4-13-6)14-9(18)5-16-10(19)3-2-8(17)15-16/h2-4,13H,5H2,1H3,(H,14,18)(H,15,17)(H,20,21). The molecule has 0 saturated heterocycles. The van der Waals surface area contributed by atoms with Gasteiger partial charge in [-0.05, 0) is 6.92 Å². The number of hydrogen-bond donors (Lipinski definition) is 4. The zero-order chi connectivity index (χ0) is 15.6. The van der Waals surface area contributed by atoms with Gasteiger partial charge in [-0.3, -0.25) is 19.5 Å². The van der Waals surface area contributed by atoms with Crippen LogP contribution in [0.1, 0.15) is 16.1 Å². The Labute approximate surface area is 117 Å². The highest BCUT2D eigenvalue weighted by atomic mass is 16.4. The monoisotopic (exact) mass is 292 g/mol. The number of aromatic amines is 2. The number of carbonyl (C=O) groups is 2. The topological polar surface area (TPSA) is 137 Å². The number of carboxylic acid groups (broad SMARTS) is 1. The molecule has 2 heterocycles. The second-order valence-electron chi connectivity index (χ2n) is 4.29. The molecule has 2 aromatic heterocycles. The number of nitrogens with zero attached hydrogens (tertiary/aromatic N) is 1. The molecule has 21 heavy (non-hydrogen) atoms. The Morgan fingerprint density at radius 3 is 2.71 bits per heavy atom. The second kappa shape index (κ2) is 5.49. The minimum absolute atomic E-state index is 0.0581. The fourth-order valence-electron chi connectivity index (χ4n) is 1.81. The van der Waals surface area contributed by atoms with E-state index >= 15 is 0 Å². The van der Waals surface area contributed by atoms with Crippen molar-refractivity contribution in [2.45, 2.75) is 13.5 Å². The van der Waals surface area contributed by atoms with Gasteiger partial charge in [0.25, 0.3) is 11.1 Å². The lowest BCUT2D eigenvalue weighted by atomic mass is 10.2. The molecule has 0 radical (unpaired) electrons. The van der Waals surface area contributed by atoms with Crippen molar-refractivity contribution in [2.24, 2.45) is 0 Å². The average molecular weight is 292 g/mol. The van der Waals surface area contributed by atoms with Crippen molar-refractivity contribution < 1.29 is 14.7 Å². The summed E-state index contributed by atoms with van der Waals surface area (Å²) in [7, 11) is 0. The Morgan fingerprint density at radius 1 is 1.33 bits per heavy atom. The van der Waals surface area contributed by atoms with Gasteiger partial charge in [0.15, 0.2) is 0 Å². The van der Waals surface area contributed by atoms with Gasteiger partial charge in [0.2, 0.25) is 5.91 Å². The molecule has 0 aliphatic carbocycles. The van der Waals surface area contributed by atoms with Gasteiger partial charge in [-0.1, -0.05) is 0 Å². The van der Waals surface area contributed by atoms with Crippen LogP contribution in [0.25, 0.3) is 0 Å². The van der Waals surface area contributed by atoms with E-state index in [1.807, 2.05) is 0 Å². The molecule has 0 aromatic carbocycles. The molecule has 1 amide bonds. The lowest BCUT2D eigenvalue weighted by molar-refractivity contribution is -0.117. The summed E-state index contributed by atoms with van der Waals surface area (Å²) in [6, 6.07) is 2.09. The lowest BCUT2D eigenvalue weighted by Crippen LogP contribution is -2.33. The van der Waals surface area contributed by atoms with Crippen LogP contribution in [-0.4, -0.2) is 31.7 Å². The summed E-state index contributed by atoms with van der Waals surface area (Å²) in [5.41, 5.74) is -0.642. The second-order valence-corrected chi connectivity index (χ2v) is 4.29. The molecular weight excluding hydrogens is 280 g/mol. The molecule has 0 aliphatic rings. The molecule has 2 rings (SSSR count). The Kier molecular flexibility index (Phi) is 3.74. The predicted octanol–water partition coefficient (Wildman–Crippen LogP) is -0.490. The minimum atomic E-state index is -1.19. The van der Waals surface area contributed by atoms with Crippen molar-refractivity contribution in [1.82, 2.24) is 14.8 Å². The van der Waals surface area contributed by atoms with Crippen LogP contribution in [0.15, 0.2) is 27.9 Å². The summed E-state index contributed by atoms with van der Waals surface area (Å²) < 4.78 is 0.831. The SMILES string of the molecule is Cc1[nH]cc(NC(=O)Cn2[nH]c(=O)ccc2=O)c1C(=O)O. The zero-order valence-corrected chi connectivity index (χ0v) is 11.0. The summed E-state index contributed by atoms with van der Waals surface area (Å²) in [4.78, 5) is 48.1. The number of aryl methyl sites for hydroxylation is 1. The third-order valence-corrected chi connectivity index (χ3v) is 2.76. The van der Waals surface area contributed by atoms with E-state index in [-0.39, 0.29) is 11.3 Å². The number of aromatic nitrogens is 3. The van der Waals surface area contributed by atoms with Crippen LogP contribution in [0.3, 0.4) is 0 Å². The van der Waals surface area contributed by atoms with Gasteiger partial charge < -0.3 is 15.4 Å². The molecule has 9 heteroatoms. The molecule has 0 fully saturated rings. The van der Waals surface area contributed by atoms with Gasteiger partial charge in [-0.25, -0.2) is 9.48 Å². The predicted molar refractivity (Wildman–Crippen MR) is 72.4 cm³/mol. The molecular formula is C12H12N4O5. The maximum Gasteiger partial charge on any atom is 0.339 e. The van der Waals surface area contributed by atoms with Crippen molar-refractivity contribution in [3.8, 4) is 0 Å². The number of H-pyrrole nitrogens is 2. The first-order valence-electron chi connectivity index (χ1n) is 5.90. The first-order valence-corrected chi connectivity index (χ1v) is 5.90. The maximum atomic E-state index is 11.8. The fraction of sp³-hybridized carbons (Fsp3) is 0.167. The van der Waals surface area contributed by atoms with E-state index in [9.17, 15) is 19.2 Å². The summed E-state index contributed by atoms with van der Waals surface area (Å²) in [5, 5.41) is 13.6. The molecule has 2 aromatic rings. The third-order valence-electron chi connectivity index (χ3n) is 2.76. The maximum absolute atomic E-state index is 11.8. The lowest BCUT2D eigenvalue weighted by Gasteiger charge is -2.06. The van der Waals surface area contributed by atoms with Gasteiger partial charge in [-0.15, -0.1) is 0 Å². The fourth-order valence-corrected chi connectivity index (χ4v) is 1.81. The Hall–Kier alpha value is -3.10. The van der Waals surface area contributed by atoms with Crippen LogP contribution in [0.2, 0.25) is 0 Å². The van der Waals surface area contributed by atoms with Gasteiger partial charge >= 0.3 is 5.97 Å². The van der Waals surface area contributed by atoms with Crippen LogP contribution in [0, 0.1) is 6.92 Å². The van der Waals surface area contributed by atoms with Crippen LogP contribution >= 0.6 is 0 Å². The normalized spacial score (nSPS) is 10.3. The minimum Gasteiger partial charge on any atom is -0.478 e. The van der Waals surface area contributed by atoms with Gasteiger partial charge in [0, 0.05) is 24.0 Å². The van der Waals surface area contributed by atoms with Crippen molar-refractivity contribution >= 4 is 17.6 Å². The van der Waals surface area contributed by atoms with E-state index in [2.05, 4.69) is 15.4 Å². The molecule has 0 aliphatic heterocycles. The molecule has 0 bridgehead atoms. The van der Waals surface area contributed by atoms with Crippen molar-refractivity contribution in [3.05, 3.63) is 50.3 Å². The van der Waals surface area contributed by atoms with E-state index < -0.39 is 29.5 Å². The molecule has 0 spiro atoms. The summed E-state index contributed by atoms with van der Waals surface area (Å²) in [6.45, 7) is 1.12. The van der Waals surface area contributed by atoms with E-state index in [1.54, 1.807) is 6.92 Å². The first-order chi connectivity index (χ1) is 9.88.